The lowest BCUT2D eigenvalue weighted by molar-refractivity contribution is 0.120. The second-order valence-electron chi connectivity index (χ2n) is 7.04. The molecule has 2 fully saturated rings. The zero-order valence-corrected chi connectivity index (χ0v) is 12.8. The van der Waals surface area contributed by atoms with Gasteiger partial charge in [-0.1, -0.05) is 78.1 Å². The Morgan fingerprint density at radius 2 is 1.39 bits per heavy atom. The van der Waals surface area contributed by atoms with Crippen LogP contribution < -0.4 is 0 Å². The largest absolute Gasteiger partial charge is 0.0654 e. The topological polar surface area (TPSA) is 0 Å². The highest BCUT2D eigenvalue weighted by Crippen LogP contribution is 2.43. The van der Waals surface area contributed by atoms with Crippen molar-refractivity contribution in [3.8, 4) is 0 Å². The minimum Gasteiger partial charge on any atom is -0.0654 e. The Hall–Kier alpha value is 0. The zero-order chi connectivity index (χ0) is 12.8. The summed E-state index contributed by atoms with van der Waals surface area (Å²) in [5.74, 6) is 4.34. The first-order chi connectivity index (χ1) is 8.85. The van der Waals surface area contributed by atoms with Gasteiger partial charge in [0.05, 0.1) is 0 Å². The molecule has 0 aliphatic heterocycles. The SMILES string of the molecule is CCCC1CCC(C(CC)C2CCCCC2)CC1. The van der Waals surface area contributed by atoms with Crippen LogP contribution in [0.25, 0.3) is 0 Å². The van der Waals surface area contributed by atoms with E-state index in [0.29, 0.717) is 0 Å². The van der Waals surface area contributed by atoms with E-state index in [-0.39, 0.29) is 0 Å². The van der Waals surface area contributed by atoms with Gasteiger partial charge in [0, 0.05) is 0 Å². The normalized spacial score (nSPS) is 32.3. The Morgan fingerprint density at radius 3 is 1.94 bits per heavy atom. The maximum atomic E-state index is 2.46. The van der Waals surface area contributed by atoms with E-state index in [4.69, 9.17) is 0 Å². The molecule has 0 heteroatoms. The van der Waals surface area contributed by atoms with Gasteiger partial charge in [-0.05, 0) is 36.5 Å². The first-order valence-electron chi connectivity index (χ1n) is 8.85. The van der Waals surface area contributed by atoms with E-state index in [0.717, 1.165) is 23.7 Å². The van der Waals surface area contributed by atoms with Gasteiger partial charge in [-0.15, -0.1) is 0 Å². The molecular formula is C18H34. The first kappa shape index (κ1) is 14.4. The summed E-state index contributed by atoms with van der Waals surface area (Å²) in [7, 11) is 0. The molecule has 2 aliphatic carbocycles. The van der Waals surface area contributed by atoms with Crippen LogP contribution >= 0.6 is 0 Å². The third kappa shape index (κ3) is 3.75. The smallest absolute Gasteiger partial charge is 0.0360 e. The van der Waals surface area contributed by atoms with Gasteiger partial charge in [-0.2, -0.15) is 0 Å². The average molecular weight is 250 g/mol. The highest BCUT2D eigenvalue weighted by atomic mass is 14.4. The van der Waals surface area contributed by atoms with Crippen LogP contribution in [-0.4, -0.2) is 0 Å². The van der Waals surface area contributed by atoms with E-state index in [1.54, 1.807) is 38.5 Å². The van der Waals surface area contributed by atoms with Crippen LogP contribution in [0.1, 0.15) is 90.9 Å². The average Bonchev–Trinajstić information content (AvgIpc) is 2.43. The van der Waals surface area contributed by atoms with Crippen LogP contribution in [0.5, 0.6) is 0 Å². The van der Waals surface area contributed by atoms with Crippen molar-refractivity contribution in [2.24, 2.45) is 23.7 Å². The summed E-state index contributed by atoms with van der Waals surface area (Å²) < 4.78 is 0. The third-order valence-electron chi connectivity index (χ3n) is 5.92. The summed E-state index contributed by atoms with van der Waals surface area (Å²) in [4.78, 5) is 0. The summed E-state index contributed by atoms with van der Waals surface area (Å²) in [6, 6.07) is 0. The Bertz CT molecular complexity index is 206. The van der Waals surface area contributed by atoms with Gasteiger partial charge in [-0.25, -0.2) is 0 Å². The molecule has 2 saturated carbocycles. The predicted molar refractivity (Wildman–Crippen MR) is 80.7 cm³/mol. The molecule has 0 aromatic heterocycles. The lowest BCUT2D eigenvalue weighted by Gasteiger charge is -2.39. The fraction of sp³-hybridized carbons (Fsp3) is 1.00. The molecule has 1 unspecified atom stereocenters. The van der Waals surface area contributed by atoms with Crippen molar-refractivity contribution in [1.29, 1.82) is 0 Å². The first-order valence-corrected chi connectivity index (χ1v) is 8.85. The maximum Gasteiger partial charge on any atom is -0.0360 e. The van der Waals surface area contributed by atoms with Gasteiger partial charge >= 0.3 is 0 Å². The second-order valence-corrected chi connectivity index (χ2v) is 7.04. The van der Waals surface area contributed by atoms with Crippen LogP contribution in [0.3, 0.4) is 0 Å². The highest BCUT2D eigenvalue weighted by molar-refractivity contribution is 4.82. The van der Waals surface area contributed by atoms with Crippen molar-refractivity contribution in [2.45, 2.75) is 90.9 Å². The molecular weight excluding hydrogens is 216 g/mol. The summed E-state index contributed by atoms with van der Waals surface area (Å²) in [5, 5.41) is 0. The van der Waals surface area contributed by atoms with E-state index in [1.165, 1.54) is 38.5 Å². The van der Waals surface area contributed by atoms with Crippen LogP contribution in [0.4, 0.5) is 0 Å². The molecule has 0 heterocycles. The van der Waals surface area contributed by atoms with Crippen LogP contribution in [-0.2, 0) is 0 Å². The van der Waals surface area contributed by atoms with E-state index in [1.807, 2.05) is 0 Å². The molecule has 0 amide bonds. The number of hydrogen-bond donors (Lipinski definition) is 0. The van der Waals surface area contributed by atoms with Crippen molar-refractivity contribution in [3.63, 3.8) is 0 Å². The lowest BCUT2D eigenvalue weighted by atomic mass is 9.67. The minimum absolute atomic E-state index is 1.08. The van der Waals surface area contributed by atoms with Crippen LogP contribution in [0.2, 0.25) is 0 Å². The number of hydrogen-bond acceptors (Lipinski definition) is 0. The Balaban J connectivity index is 1.81. The zero-order valence-electron chi connectivity index (χ0n) is 12.8. The van der Waals surface area contributed by atoms with Crippen molar-refractivity contribution < 1.29 is 0 Å². The number of rotatable bonds is 5. The molecule has 0 spiro atoms. The van der Waals surface area contributed by atoms with Gasteiger partial charge in [0.1, 0.15) is 0 Å². The van der Waals surface area contributed by atoms with Gasteiger partial charge in [0.2, 0.25) is 0 Å². The molecule has 0 aromatic carbocycles. The molecule has 0 bridgehead atoms. The summed E-state index contributed by atoms with van der Waals surface area (Å²) in [6.07, 6.45) is 18.2. The van der Waals surface area contributed by atoms with Gasteiger partial charge in [0.25, 0.3) is 0 Å². The Kier molecular flexibility index (Phi) is 6.05. The molecule has 1 atom stereocenters. The summed E-state index contributed by atoms with van der Waals surface area (Å²) >= 11 is 0. The monoisotopic (exact) mass is 250 g/mol. The van der Waals surface area contributed by atoms with E-state index in [9.17, 15) is 0 Å². The van der Waals surface area contributed by atoms with E-state index in [2.05, 4.69) is 13.8 Å². The standard InChI is InChI=1S/C18H34/c1-3-8-15-11-13-17(14-12-15)18(4-2)16-9-6-5-7-10-16/h15-18H,3-14H2,1-2H3. The molecule has 106 valence electrons. The summed E-state index contributed by atoms with van der Waals surface area (Å²) in [5.41, 5.74) is 0. The second kappa shape index (κ2) is 7.56. The van der Waals surface area contributed by atoms with Gasteiger partial charge in [0.15, 0.2) is 0 Å². The van der Waals surface area contributed by atoms with Crippen LogP contribution in [0, 0.1) is 23.7 Å². The van der Waals surface area contributed by atoms with Crippen molar-refractivity contribution in [3.05, 3.63) is 0 Å². The molecule has 2 rings (SSSR count). The van der Waals surface area contributed by atoms with E-state index < -0.39 is 0 Å². The van der Waals surface area contributed by atoms with Crippen molar-refractivity contribution >= 4 is 0 Å². The molecule has 18 heavy (non-hydrogen) atoms. The Morgan fingerprint density at radius 1 is 0.778 bits per heavy atom. The quantitative estimate of drug-likeness (QED) is 0.545. The van der Waals surface area contributed by atoms with E-state index >= 15 is 0 Å². The highest BCUT2D eigenvalue weighted by Gasteiger charge is 2.31. The molecule has 0 aromatic rings. The predicted octanol–water partition coefficient (Wildman–Crippen LogP) is 6.20. The van der Waals surface area contributed by atoms with Crippen molar-refractivity contribution in [1.82, 2.24) is 0 Å². The Labute approximate surface area is 115 Å². The van der Waals surface area contributed by atoms with Crippen LogP contribution in [0.15, 0.2) is 0 Å². The molecule has 0 saturated heterocycles. The fourth-order valence-corrected chi connectivity index (χ4v) is 4.93. The fourth-order valence-electron chi connectivity index (χ4n) is 4.93. The molecule has 0 N–H and O–H groups in total. The molecule has 0 nitrogen and oxygen atoms in total. The minimum atomic E-state index is 1.08. The third-order valence-corrected chi connectivity index (χ3v) is 5.92. The van der Waals surface area contributed by atoms with Crippen molar-refractivity contribution in [2.75, 3.05) is 0 Å². The molecule has 2 aliphatic rings. The van der Waals surface area contributed by atoms with Gasteiger partial charge < -0.3 is 0 Å². The lowest BCUT2D eigenvalue weighted by Crippen LogP contribution is -2.28. The van der Waals surface area contributed by atoms with Gasteiger partial charge in [-0.3, -0.25) is 0 Å². The maximum absolute atomic E-state index is 2.46. The molecule has 0 radical (unpaired) electrons. The summed E-state index contributed by atoms with van der Waals surface area (Å²) in [6.45, 7) is 4.81.